The van der Waals surface area contributed by atoms with Crippen molar-refractivity contribution < 1.29 is 4.79 Å². The minimum atomic E-state index is -0.301. The van der Waals surface area contributed by atoms with Gasteiger partial charge in [0.1, 0.15) is 5.56 Å². The number of fused-ring (bicyclic) bond motifs is 1. The maximum Gasteiger partial charge on any atom is 0.263 e. The Balaban J connectivity index is 1.60. The molecule has 0 unspecified atom stereocenters. The van der Waals surface area contributed by atoms with E-state index in [1.165, 1.54) is 0 Å². The highest BCUT2D eigenvalue weighted by molar-refractivity contribution is 5.95. The first kappa shape index (κ1) is 15.6. The van der Waals surface area contributed by atoms with Gasteiger partial charge in [-0.1, -0.05) is 42.5 Å². The molecule has 25 heavy (non-hydrogen) atoms. The van der Waals surface area contributed by atoms with Crippen LogP contribution in [0.4, 0.5) is 0 Å². The molecule has 0 radical (unpaired) electrons. The lowest BCUT2D eigenvalue weighted by atomic mass is 10.0. The third-order valence-corrected chi connectivity index (χ3v) is 4.81. The highest BCUT2D eigenvalue weighted by Crippen LogP contribution is 2.33. The molecule has 0 atom stereocenters. The van der Waals surface area contributed by atoms with Gasteiger partial charge in [0.2, 0.25) is 0 Å². The van der Waals surface area contributed by atoms with E-state index >= 15 is 0 Å². The zero-order chi connectivity index (χ0) is 17.4. The van der Waals surface area contributed by atoms with Crippen molar-refractivity contribution in [2.45, 2.75) is 32.4 Å². The molecule has 4 heteroatoms. The van der Waals surface area contributed by atoms with Gasteiger partial charge in [0.25, 0.3) is 11.5 Å². The molecule has 1 aliphatic carbocycles. The molecule has 4 rings (SSSR count). The van der Waals surface area contributed by atoms with Gasteiger partial charge in [-0.2, -0.15) is 0 Å². The molecule has 1 aromatic heterocycles. The summed E-state index contributed by atoms with van der Waals surface area (Å²) in [6.07, 6.45) is 3.83. The Labute approximate surface area is 146 Å². The molecule has 0 spiro atoms. The highest BCUT2D eigenvalue weighted by atomic mass is 16.2. The molecule has 1 aliphatic rings. The fourth-order valence-corrected chi connectivity index (χ4v) is 3.27. The van der Waals surface area contributed by atoms with Crippen molar-refractivity contribution in [3.63, 3.8) is 0 Å². The average molecular weight is 332 g/mol. The quantitative estimate of drug-likeness (QED) is 0.794. The van der Waals surface area contributed by atoms with E-state index < -0.39 is 0 Å². The van der Waals surface area contributed by atoms with Crippen LogP contribution < -0.4 is 10.9 Å². The zero-order valence-corrected chi connectivity index (χ0v) is 14.2. The maximum atomic E-state index is 12.7. The van der Waals surface area contributed by atoms with Crippen molar-refractivity contribution in [1.82, 2.24) is 9.88 Å². The second-order valence-electron chi connectivity index (χ2n) is 6.64. The summed E-state index contributed by atoms with van der Waals surface area (Å²) < 4.78 is 1.69. The Bertz CT molecular complexity index is 1010. The molecule has 1 fully saturated rings. The van der Waals surface area contributed by atoms with Gasteiger partial charge in [-0.05, 0) is 47.7 Å². The molecule has 0 saturated heterocycles. The molecular weight excluding hydrogens is 312 g/mol. The highest BCUT2D eigenvalue weighted by Gasteiger charge is 2.26. The Morgan fingerprint density at radius 2 is 1.88 bits per heavy atom. The first-order valence-electron chi connectivity index (χ1n) is 8.62. The van der Waals surface area contributed by atoms with Crippen LogP contribution in [0.15, 0.2) is 59.5 Å². The van der Waals surface area contributed by atoms with Crippen molar-refractivity contribution in [2.24, 2.45) is 0 Å². The standard InChI is InChI=1S/C21H20N2O2/c1-14-11-12-23(17-9-10-17)21(25)19(14)20(24)22-13-16-7-4-6-15-5-2-3-8-18(15)16/h2-8,11-12,17H,9-10,13H2,1H3,(H,22,24). The van der Waals surface area contributed by atoms with Crippen molar-refractivity contribution in [1.29, 1.82) is 0 Å². The summed E-state index contributed by atoms with van der Waals surface area (Å²) >= 11 is 0. The fourth-order valence-electron chi connectivity index (χ4n) is 3.27. The summed E-state index contributed by atoms with van der Waals surface area (Å²) in [5.41, 5.74) is 1.84. The number of nitrogens with one attached hydrogen (secondary N) is 1. The van der Waals surface area contributed by atoms with Crippen molar-refractivity contribution in [3.8, 4) is 0 Å². The minimum Gasteiger partial charge on any atom is -0.348 e. The van der Waals surface area contributed by atoms with Crippen LogP contribution >= 0.6 is 0 Å². The summed E-state index contributed by atoms with van der Waals surface area (Å²) in [5.74, 6) is -0.301. The summed E-state index contributed by atoms with van der Waals surface area (Å²) in [4.78, 5) is 25.3. The van der Waals surface area contributed by atoms with Gasteiger partial charge in [0.05, 0.1) is 0 Å². The van der Waals surface area contributed by atoms with Crippen LogP contribution in [0.25, 0.3) is 10.8 Å². The first-order chi connectivity index (χ1) is 12.1. The molecule has 4 nitrogen and oxygen atoms in total. The SMILES string of the molecule is Cc1ccn(C2CC2)c(=O)c1C(=O)NCc1cccc2ccccc12. The number of amides is 1. The predicted molar refractivity (Wildman–Crippen MR) is 98.8 cm³/mol. The van der Waals surface area contributed by atoms with E-state index in [9.17, 15) is 9.59 Å². The number of benzene rings is 2. The Kier molecular flexibility index (Phi) is 3.88. The number of carbonyl (C=O) groups is 1. The van der Waals surface area contributed by atoms with E-state index in [2.05, 4.69) is 17.4 Å². The van der Waals surface area contributed by atoms with Gasteiger partial charge in [0.15, 0.2) is 0 Å². The van der Waals surface area contributed by atoms with E-state index in [4.69, 9.17) is 0 Å². The number of hydrogen-bond acceptors (Lipinski definition) is 2. The number of nitrogens with zero attached hydrogens (tertiary/aromatic N) is 1. The van der Waals surface area contributed by atoms with Crippen LogP contribution in [-0.4, -0.2) is 10.5 Å². The van der Waals surface area contributed by atoms with Gasteiger partial charge < -0.3 is 9.88 Å². The lowest BCUT2D eigenvalue weighted by Gasteiger charge is -2.11. The third-order valence-electron chi connectivity index (χ3n) is 4.81. The van der Waals surface area contributed by atoms with Crippen molar-refractivity contribution in [3.05, 3.63) is 81.8 Å². The molecule has 1 heterocycles. The van der Waals surface area contributed by atoms with Gasteiger partial charge in [-0.25, -0.2) is 0 Å². The Morgan fingerprint density at radius 1 is 1.12 bits per heavy atom. The molecule has 1 amide bonds. The third kappa shape index (κ3) is 2.95. The van der Waals surface area contributed by atoms with Crippen LogP contribution in [-0.2, 0) is 6.54 Å². The van der Waals surface area contributed by atoms with E-state index in [-0.39, 0.29) is 23.1 Å². The number of hydrogen-bond donors (Lipinski definition) is 1. The van der Waals surface area contributed by atoms with Crippen LogP contribution in [0.5, 0.6) is 0 Å². The van der Waals surface area contributed by atoms with Crippen LogP contribution in [0.1, 0.15) is 40.4 Å². The molecule has 0 aliphatic heterocycles. The number of carbonyl (C=O) groups excluding carboxylic acids is 1. The molecule has 1 N–H and O–H groups in total. The molecule has 3 aromatic rings. The van der Waals surface area contributed by atoms with Gasteiger partial charge in [0, 0.05) is 18.8 Å². The lowest BCUT2D eigenvalue weighted by Crippen LogP contribution is -2.33. The average Bonchev–Trinajstić information content (AvgIpc) is 3.45. The lowest BCUT2D eigenvalue weighted by molar-refractivity contribution is 0.0948. The normalized spacial score (nSPS) is 13.8. The first-order valence-corrected chi connectivity index (χ1v) is 8.62. The number of pyridine rings is 1. The smallest absolute Gasteiger partial charge is 0.263 e. The number of aromatic nitrogens is 1. The van der Waals surface area contributed by atoms with Crippen molar-refractivity contribution >= 4 is 16.7 Å². The fraction of sp³-hybridized carbons (Fsp3) is 0.238. The van der Waals surface area contributed by atoms with Gasteiger partial charge >= 0.3 is 0 Å². The van der Waals surface area contributed by atoms with Crippen LogP contribution in [0.3, 0.4) is 0 Å². The molecule has 126 valence electrons. The Hall–Kier alpha value is -2.88. The van der Waals surface area contributed by atoms with Crippen molar-refractivity contribution in [2.75, 3.05) is 0 Å². The number of aryl methyl sites for hydroxylation is 1. The summed E-state index contributed by atoms with van der Waals surface area (Å²) in [6, 6.07) is 16.2. The molecule has 1 saturated carbocycles. The summed E-state index contributed by atoms with van der Waals surface area (Å²) in [6.45, 7) is 2.21. The van der Waals surface area contributed by atoms with E-state index in [1.54, 1.807) is 10.8 Å². The van der Waals surface area contributed by atoms with Crippen LogP contribution in [0.2, 0.25) is 0 Å². The Morgan fingerprint density at radius 3 is 2.68 bits per heavy atom. The topological polar surface area (TPSA) is 51.1 Å². The van der Waals surface area contributed by atoms with Crippen LogP contribution in [0, 0.1) is 6.92 Å². The summed E-state index contributed by atoms with van der Waals surface area (Å²) in [7, 11) is 0. The number of rotatable bonds is 4. The molecular formula is C21H20N2O2. The molecule has 2 aromatic carbocycles. The van der Waals surface area contributed by atoms with E-state index in [1.807, 2.05) is 43.3 Å². The van der Waals surface area contributed by atoms with E-state index in [0.29, 0.717) is 6.54 Å². The summed E-state index contributed by atoms with van der Waals surface area (Å²) in [5, 5.41) is 5.18. The second kappa shape index (κ2) is 6.20. The minimum absolute atomic E-state index is 0.182. The largest absolute Gasteiger partial charge is 0.348 e. The molecule has 0 bridgehead atoms. The predicted octanol–water partition coefficient (Wildman–Crippen LogP) is 3.57. The second-order valence-corrected chi connectivity index (χ2v) is 6.64. The van der Waals surface area contributed by atoms with Gasteiger partial charge in [-0.3, -0.25) is 9.59 Å². The zero-order valence-electron chi connectivity index (χ0n) is 14.2. The maximum absolute atomic E-state index is 12.7. The van der Waals surface area contributed by atoms with Gasteiger partial charge in [-0.15, -0.1) is 0 Å². The monoisotopic (exact) mass is 332 g/mol. The van der Waals surface area contributed by atoms with E-state index in [0.717, 1.165) is 34.7 Å².